The first-order chi connectivity index (χ1) is 15.8. The van der Waals surface area contributed by atoms with Gasteiger partial charge in [0.05, 0.1) is 22.8 Å². The molecule has 0 radical (unpaired) electrons. The van der Waals surface area contributed by atoms with Crippen LogP contribution in [-0.4, -0.2) is 33.5 Å². The molecule has 1 amide bonds. The first-order valence-electron chi connectivity index (χ1n) is 10.2. The van der Waals surface area contributed by atoms with Crippen LogP contribution < -0.4 is 14.8 Å². The van der Waals surface area contributed by atoms with Gasteiger partial charge in [-0.25, -0.2) is 13.2 Å². The van der Waals surface area contributed by atoms with Crippen LogP contribution in [0.15, 0.2) is 77.7 Å². The molecule has 3 aromatic rings. The third kappa shape index (κ3) is 6.56. The first-order valence-corrected chi connectivity index (χ1v) is 11.6. The number of esters is 1. The average Bonchev–Trinajstić information content (AvgIpc) is 2.80. The van der Waals surface area contributed by atoms with Gasteiger partial charge in [-0.2, -0.15) is 0 Å². The van der Waals surface area contributed by atoms with Crippen LogP contribution >= 0.6 is 0 Å². The van der Waals surface area contributed by atoms with E-state index < -0.39 is 28.5 Å². The van der Waals surface area contributed by atoms with Crippen molar-refractivity contribution in [1.29, 1.82) is 0 Å². The maximum absolute atomic E-state index is 12.8. The highest BCUT2D eigenvalue weighted by Gasteiger charge is 2.20. The standard InChI is InChI=1S/C24H24N2O6S/c1-3-31-19-12-14-20(15-13-19)33(29,30)26-22-7-5-4-6-21(22)24(28)32-16-23(27)25-18-10-8-17(2)9-11-18/h4-15,26H,3,16H2,1-2H3,(H,25,27). The average molecular weight is 469 g/mol. The molecule has 3 rings (SSSR count). The van der Waals surface area contributed by atoms with E-state index in [1.165, 1.54) is 24.3 Å². The Hall–Kier alpha value is -3.85. The summed E-state index contributed by atoms with van der Waals surface area (Å²) < 4.78 is 38.3. The minimum atomic E-state index is -3.97. The Kier molecular flexibility index (Phi) is 7.68. The van der Waals surface area contributed by atoms with E-state index in [1.54, 1.807) is 36.4 Å². The van der Waals surface area contributed by atoms with Crippen molar-refractivity contribution in [3.8, 4) is 5.75 Å². The van der Waals surface area contributed by atoms with Gasteiger partial charge in [0.15, 0.2) is 6.61 Å². The van der Waals surface area contributed by atoms with Crippen LogP contribution in [0, 0.1) is 6.92 Å². The van der Waals surface area contributed by atoms with E-state index in [9.17, 15) is 18.0 Å². The minimum Gasteiger partial charge on any atom is -0.494 e. The molecule has 9 heteroatoms. The van der Waals surface area contributed by atoms with E-state index in [4.69, 9.17) is 9.47 Å². The Morgan fingerprint density at radius 3 is 2.24 bits per heavy atom. The van der Waals surface area contributed by atoms with Gasteiger partial charge in [0.25, 0.3) is 15.9 Å². The molecule has 0 aliphatic carbocycles. The number of anilines is 2. The van der Waals surface area contributed by atoms with Gasteiger partial charge >= 0.3 is 5.97 Å². The van der Waals surface area contributed by atoms with Crippen molar-refractivity contribution in [1.82, 2.24) is 0 Å². The van der Waals surface area contributed by atoms with Gasteiger partial charge in [-0.15, -0.1) is 0 Å². The second-order valence-electron chi connectivity index (χ2n) is 7.05. The summed E-state index contributed by atoms with van der Waals surface area (Å²) >= 11 is 0. The molecule has 0 heterocycles. The molecular formula is C24H24N2O6S. The van der Waals surface area contributed by atoms with Crippen molar-refractivity contribution in [3.05, 3.63) is 83.9 Å². The van der Waals surface area contributed by atoms with Gasteiger partial charge < -0.3 is 14.8 Å². The van der Waals surface area contributed by atoms with Crippen LogP contribution in [0.2, 0.25) is 0 Å². The summed E-state index contributed by atoms with van der Waals surface area (Å²) in [6.07, 6.45) is 0. The number of benzene rings is 3. The number of rotatable bonds is 9. The van der Waals surface area contributed by atoms with E-state index in [0.29, 0.717) is 18.0 Å². The molecule has 172 valence electrons. The van der Waals surface area contributed by atoms with Crippen LogP contribution in [0.25, 0.3) is 0 Å². The summed E-state index contributed by atoms with van der Waals surface area (Å²) in [4.78, 5) is 24.7. The molecule has 0 aromatic heterocycles. The van der Waals surface area contributed by atoms with Crippen LogP contribution in [0.4, 0.5) is 11.4 Å². The third-order valence-corrected chi connectivity index (χ3v) is 5.89. The molecule has 0 bridgehead atoms. The second-order valence-corrected chi connectivity index (χ2v) is 8.73. The molecule has 0 atom stereocenters. The molecular weight excluding hydrogens is 444 g/mol. The van der Waals surface area contributed by atoms with Gasteiger partial charge in [0.1, 0.15) is 5.75 Å². The zero-order valence-electron chi connectivity index (χ0n) is 18.2. The summed E-state index contributed by atoms with van der Waals surface area (Å²) in [6.45, 7) is 3.69. The first kappa shape index (κ1) is 23.8. The van der Waals surface area contributed by atoms with Gasteiger partial charge in [0, 0.05) is 5.69 Å². The van der Waals surface area contributed by atoms with Gasteiger partial charge in [0.2, 0.25) is 0 Å². The Balaban J connectivity index is 1.66. The maximum Gasteiger partial charge on any atom is 0.340 e. The third-order valence-electron chi connectivity index (χ3n) is 4.51. The van der Waals surface area contributed by atoms with Crippen molar-refractivity contribution >= 4 is 33.3 Å². The summed E-state index contributed by atoms with van der Waals surface area (Å²) in [6, 6.07) is 19.1. The van der Waals surface area contributed by atoms with Crippen molar-refractivity contribution in [2.45, 2.75) is 18.7 Å². The van der Waals surface area contributed by atoms with Gasteiger partial charge in [-0.1, -0.05) is 29.8 Å². The molecule has 33 heavy (non-hydrogen) atoms. The maximum atomic E-state index is 12.8. The van der Waals surface area contributed by atoms with Crippen LogP contribution in [0.5, 0.6) is 5.75 Å². The summed E-state index contributed by atoms with van der Waals surface area (Å²) in [5.41, 5.74) is 1.64. The lowest BCUT2D eigenvalue weighted by molar-refractivity contribution is -0.119. The topological polar surface area (TPSA) is 111 Å². The fourth-order valence-electron chi connectivity index (χ4n) is 2.88. The van der Waals surface area contributed by atoms with E-state index in [1.807, 2.05) is 26.0 Å². The molecule has 0 fully saturated rings. The van der Waals surface area contributed by atoms with Crippen LogP contribution in [0.1, 0.15) is 22.8 Å². The quantitative estimate of drug-likeness (QED) is 0.460. The molecule has 0 aliphatic rings. The molecule has 3 aromatic carbocycles. The second kappa shape index (κ2) is 10.6. The smallest absolute Gasteiger partial charge is 0.340 e. The predicted octanol–water partition coefficient (Wildman–Crippen LogP) is 3.99. The number of hydrogen-bond donors (Lipinski definition) is 2. The Labute approximate surface area is 192 Å². The number of para-hydroxylation sites is 1. The van der Waals surface area contributed by atoms with Crippen molar-refractivity contribution in [2.24, 2.45) is 0 Å². The number of nitrogens with one attached hydrogen (secondary N) is 2. The zero-order valence-corrected chi connectivity index (χ0v) is 19.0. The molecule has 2 N–H and O–H groups in total. The monoisotopic (exact) mass is 468 g/mol. The van der Waals surface area contributed by atoms with E-state index in [-0.39, 0.29) is 16.1 Å². The summed E-state index contributed by atoms with van der Waals surface area (Å²) in [7, 11) is -3.97. The zero-order chi connectivity index (χ0) is 23.8. The Bertz CT molecular complexity index is 1220. The van der Waals surface area contributed by atoms with Crippen LogP contribution in [0.3, 0.4) is 0 Å². The molecule has 0 spiro atoms. The molecule has 0 unspecified atom stereocenters. The van der Waals surface area contributed by atoms with E-state index in [0.717, 1.165) is 5.56 Å². The van der Waals surface area contributed by atoms with Crippen molar-refractivity contribution < 1.29 is 27.5 Å². The largest absolute Gasteiger partial charge is 0.494 e. The highest BCUT2D eigenvalue weighted by atomic mass is 32.2. The number of sulfonamides is 1. The van der Waals surface area contributed by atoms with Crippen molar-refractivity contribution in [2.75, 3.05) is 23.3 Å². The lowest BCUT2D eigenvalue weighted by Gasteiger charge is -2.13. The minimum absolute atomic E-state index is 0.00611. The normalized spacial score (nSPS) is 10.8. The SMILES string of the molecule is CCOc1ccc(S(=O)(=O)Nc2ccccc2C(=O)OCC(=O)Nc2ccc(C)cc2)cc1. The van der Waals surface area contributed by atoms with Gasteiger partial charge in [-0.05, 0) is 62.4 Å². The van der Waals surface area contributed by atoms with Crippen molar-refractivity contribution in [3.63, 3.8) is 0 Å². The molecule has 8 nitrogen and oxygen atoms in total. The number of carbonyl (C=O) groups excluding carboxylic acids is 2. The summed E-state index contributed by atoms with van der Waals surface area (Å²) in [5, 5.41) is 2.63. The lowest BCUT2D eigenvalue weighted by atomic mass is 10.2. The fourth-order valence-corrected chi connectivity index (χ4v) is 3.96. The number of aryl methyl sites for hydroxylation is 1. The Morgan fingerprint density at radius 2 is 1.58 bits per heavy atom. The number of hydrogen-bond acceptors (Lipinski definition) is 6. The molecule has 0 saturated heterocycles. The molecule has 0 aliphatic heterocycles. The predicted molar refractivity (Wildman–Crippen MR) is 125 cm³/mol. The Morgan fingerprint density at radius 1 is 0.909 bits per heavy atom. The van der Waals surface area contributed by atoms with Crippen LogP contribution in [-0.2, 0) is 19.6 Å². The summed E-state index contributed by atoms with van der Waals surface area (Å²) in [5.74, 6) is -0.803. The molecule has 0 saturated carbocycles. The lowest BCUT2D eigenvalue weighted by Crippen LogP contribution is -2.22. The van der Waals surface area contributed by atoms with Gasteiger partial charge in [-0.3, -0.25) is 9.52 Å². The number of ether oxygens (including phenoxy) is 2. The highest BCUT2D eigenvalue weighted by molar-refractivity contribution is 7.92. The number of amides is 1. The highest BCUT2D eigenvalue weighted by Crippen LogP contribution is 2.22. The van der Waals surface area contributed by atoms with E-state index >= 15 is 0 Å². The number of carbonyl (C=O) groups is 2. The van der Waals surface area contributed by atoms with E-state index in [2.05, 4.69) is 10.0 Å². The fraction of sp³-hybridized carbons (Fsp3) is 0.167.